The minimum absolute atomic E-state index is 0.0543. The van der Waals surface area contributed by atoms with Gasteiger partial charge in [0.05, 0.1) is 12.7 Å². The van der Waals surface area contributed by atoms with Crippen molar-refractivity contribution in [2.75, 3.05) is 11.9 Å². The Morgan fingerprint density at radius 1 is 1.35 bits per heavy atom. The highest BCUT2D eigenvalue weighted by molar-refractivity contribution is 7.15. The van der Waals surface area contributed by atoms with Gasteiger partial charge in [0.2, 0.25) is 5.91 Å². The average molecular weight is 307 g/mol. The van der Waals surface area contributed by atoms with Gasteiger partial charge in [-0.05, 0) is 12.8 Å². The van der Waals surface area contributed by atoms with Crippen molar-refractivity contribution in [3.8, 4) is 0 Å². The zero-order chi connectivity index (χ0) is 14.6. The van der Waals surface area contributed by atoms with Gasteiger partial charge in [0, 0.05) is 6.04 Å². The molecule has 0 saturated heterocycles. The number of nitrogens with one attached hydrogen (secondary N) is 2. The van der Waals surface area contributed by atoms with Crippen LogP contribution in [0.3, 0.4) is 0 Å². The molecule has 0 spiro atoms. The first kappa shape index (κ1) is 15.1. The molecular formula is C12H16F3N3OS. The Labute approximate surface area is 118 Å². The Morgan fingerprint density at radius 2 is 2.05 bits per heavy atom. The molecule has 1 aromatic rings. The van der Waals surface area contributed by atoms with Crippen molar-refractivity contribution in [1.82, 2.24) is 10.3 Å². The number of alkyl halides is 3. The van der Waals surface area contributed by atoms with Crippen LogP contribution in [0.25, 0.3) is 0 Å². The van der Waals surface area contributed by atoms with Crippen molar-refractivity contribution in [1.29, 1.82) is 0 Å². The SMILES string of the molecule is O=C(CNc1ncc(C(F)(F)F)s1)NC1CCCCC1. The highest BCUT2D eigenvalue weighted by atomic mass is 32.1. The molecule has 20 heavy (non-hydrogen) atoms. The van der Waals surface area contributed by atoms with Crippen LogP contribution in [0.15, 0.2) is 6.20 Å². The summed E-state index contributed by atoms with van der Waals surface area (Å²) in [4.78, 5) is 14.5. The molecule has 112 valence electrons. The van der Waals surface area contributed by atoms with E-state index in [1.165, 1.54) is 6.42 Å². The Morgan fingerprint density at radius 3 is 2.65 bits per heavy atom. The Hall–Kier alpha value is -1.31. The number of halogens is 3. The van der Waals surface area contributed by atoms with Gasteiger partial charge in [-0.3, -0.25) is 4.79 Å². The van der Waals surface area contributed by atoms with Gasteiger partial charge in [0.25, 0.3) is 0 Å². The fourth-order valence-corrected chi connectivity index (χ4v) is 2.85. The van der Waals surface area contributed by atoms with Crippen LogP contribution in [0, 0.1) is 0 Å². The molecule has 0 aliphatic heterocycles. The van der Waals surface area contributed by atoms with E-state index in [1.54, 1.807) is 0 Å². The van der Waals surface area contributed by atoms with Crippen molar-refractivity contribution >= 4 is 22.4 Å². The number of hydrogen-bond acceptors (Lipinski definition) is 4. The maximum Gasteiger partial charge on any atom is 0.427 e. The maximum absolute atomic E-state index is 12.4. The molecule has 0 unspecified atom stereocenters. The number of carbonyl (C=O) groups excluding carboxylic acids is 1. The number of anilines is 1. The van der Waals surface area contributed by atoms with Crippen LogP contribution in [-0.4, -0.2) is 23.5 Å². The van der Waals surface area contributed by atoms with E-state index >= 15 is 0 Å². The molecule has 1 aliphatic carbocycles. The third kappa shape index (κ3) is 4.36. The Kier molecular flexibility index (Phi) is 4.85. The fraction of sp³-hybridized carbons (Fsp3) is 0.667. The van der Waals surface area contributed by atoms with E-state index in [1.807, 2.05) is 0 Å². The summed E-state index contributed by atoms with van der Waals surface area (Å²) in [7, 11) is 0. The standard InChI is InChI=1S/C12H16F3N3OS/c13-12(14,15)9-6-16-11(20-9)17-7-10(19)18-8-4-2-1-3-5-8/h6,8H,1-5,7H2,(H,16,17)(H,18,19). The lowest BCUT2D eigenvalue weighted by molar-refractivity contribution is -0.134. The summed E-state index contributed by atoms with van der Waals surface area (Å²) in [6.45, 7) is -0.0543. The number of carbonyl (C=O) groups is 1. The van der Waals surface area contributed by atoms with Crippen molar-refractivity contribution in [3.63, 3.8) is 0 Å². The second-order valence-corrected chi connectivity index (χ2v) is 5.81. The second-order valence-electron chi connectivity index (χ2n) is 4.78. The van der Waals surface area contributed by atoms with Crippen molar-refractivity contribution in [3.05, 3.63) is 11.1 Å². The molecule has 1 aliphatic rings. The van der Waals surface area contributed by atoms with Gasteiger partial charge >= 0.3 is 6.18 Å². The summed E-state index contributed by atoms with van der Waals surface area (Å²) >= 11 is 0.501. The zero-order valence-corrected chi connectivity index (χ0v) is 11.6. The van der Waals surface area contributed by atoms with Crippen molar-refractivity contribution < 1.29 is 18.0 Å². The fourth-order valence-electron chi connectivity index (χ4n) is 2.17. The molecule has 0 radical (unpaired) electrons. The molecule has 1 amide bonds. The molecule has 8 heteroatoms. The van der Waals surface area contributed by atoms with E-state index in [2.05, 4.69) is 15.6 Å². The Balaban J connectivity index is 1.76. The van der Waals surface area contributed by atoms with Crippen LogP contribution in [0.5, 0.6) is 0 Å². The van der Waals surface area contributed by atoms with Gasteiger partial charge < -0.3 is 10.6 Å². The predicted octanol–water partition coefficient (Wildman–Crippen LogP) is 3.02. The van der Waals surface area contributed by atoms with Gasteiger partial charge in [0.1, 0.15) is 4.88 Å². The Bertz CT molecular complexity index is 455. The van der Waals surface area contributed by atoms with Crippen LogP contribution < -0.4 is 10.6 Å². The number of nitrogens with zero attached hydrogens (tertiary/aromatic N) is 1. The maximum atomic E-state index is 12.4. The average Bonchev–Trinajstić information content (AvgIpc) is 2.86. The highest BCUT2D eigenvalue weighted by Gasteiger charge is 2.33. The number of amides is 1. The largest absolute Gasteiger partial charge is 0.427 e. The number of aromatic nitrogens is 1. The van der Waals surface area contributed by atoms with E-state index in [0.717, 1.165) is 31.9 Å². The van der Waals surface area contributed by atoms with E-state index in [-0.39, 0.29) is 23.6 Å². The first-order valence-corrected chi connectivity index (χ1v) is 7.33. The molecule has 0 atom stereocenters. The molecule has 2 N–H and O–H groups in total. The lowest BCUT2D eigenvalue weighted by atomic mass is 9.95. The van der Waals surface area contributed by atoms with Crippen LogP contribution >= 0.6 is 11.3 Å². The summed E-state index contributed by atoms with van der Waals surface area (Å²) in [5.41, 5.74) is 0. The van der Waals surface area contributed by atoms with Gasteiger partial charge in [-0.1, -0.05) is 30.6 Å². The predicted molar refractivity (Wildman–Crippen MR) is 70.6 cm³/mol. The van der Waals surface area contributed by atoms with E-state index in [4.69, 9.17) is 0 Å². The monoisotopic (exact) mass is 307 g/mol. The topological polar surface area (TPSA) is 54.0 Å². The summed E-state index contributed by atoms with van der Waals surface area (Å²) in [6.07, 6.45) is 1.75. The minimum Gasteiger partial charge on any atom is -0.352 e. The zero-order valence-electron chi connectivity index (χ0n) is 10.8. The minimum atomic E-state index is -4.39. The van der Waals surface area contributed by atoms with Crippen LogP contribution in [0.2, 0.25) is 0 Å². The molecule has 1 heterocycles. The van der Waals surface area contributed by atoms with E-state index in [0.29, 0.717) is 11.3 Å². The van der Waals surface area contributed by atoms with Crippen molar-refractivity contribution in [2.24, 2.45) is 0 Å². The summed E-state index contributed by atoms with van der Waals surface area (Å²) in [5, 5.41) is 5.61. The second kappa shape index (κ2) is 6.43. The lowest BCUT2D eigenvalue weighted by Crippen LogP contribution is -2.39. The quantitative estimate of drug-likeness (QED) is 0.899. The first-order valence-electron chi connectivity index (χ1n) is 6.51. The molecular weight excluding hydrogens is 291 g/mol. The molecule has 0 aromatic carbocycles. The van der Waals surface area contributed by atoms with Gasteiger partial charge in [-0.25, -0.2) is 4.98 Å². The molecule has 4 nitrogen and oxygen atoms in total. The summed E-state index contributed by atoms with van der Waals surface area (Å²) < 4.78 is 37.1. The molecule has 1 fully saturated rings. The highest BCUT2D eigenvalue weighted by Crippen LogP contribution is 2.34. The van der Waals surface area contributed by atoms with Gasteiger partial charge in [-0.15, -0.1) is 0 Å². The number of rotatable bonds is 4. The van der Waals surface area contributed by atoms with Crippen LogP contribution in [-0.2, 0) is 11.0 Å². The summed E-state index contributed by atoms with van der Waals surface area (Å²) in [5.74, 6) is -0.208. The third-order valence-corrected chi connectivity index (χ3v) is 4.16. The number of thiazole rings is 1. The molecule has 0 bridgehead atoms. The summed E-state index contributed by atoms with van der Waals surface area (Å²) in [6, 6.07) is 0.195. The third-order valence-electron chi connectivity index (χ3n) is 3.16. The van der Waals surface area contributed by atoms with Crippen molar-refractivity contribution in [2.45, 2.75) is 44.3 Å². The lowest BCUT2D eigenvalue weighted by Gasteiger charge is -2.22. The van der Waals surface area contributed by atoms with Crippen LogP contribution in [0.1, 0.15) is 37.0 Å². The normalized spacial score (nSPS) is 16.9. The number of hydrogen-bond donors (Lipinski definition) is 2. The molecule has 2 rings (SSSR count). The van der Waals surface area contributed by atoms with Crippen LogP contribution in [0.4, 0.5) is 18.3 Å². The van der Waals surface area contributed by atoms with E-state index < -0.39 is 11.1 Å². The molecule has 1 aromatic heterocycles. The smallest absolute Gasteiger partial charge is 0.352 e. The van der Waals surface area contributed by atoms with Gasteiger partial charge in [0.15, 0.2) is 5.13 Å². The van der Waals surface area contributed by atoms with E-state index in [9.17, 15) is 18.0 Å². The first-order chi connectivity index (χ1) is 9.45. The van der Waals surface area contributed by atoms with Gasteiger partial charge in [-0.2, -0.15) is 13.2 Å². The molecule has 1 saturated carbocycles.